The Morgan fingerprint density at radius 3 is 2.52 bits per heavy atom. The fourth-order valence-corrected chi connectivity index (χ4v) is 1.80. The molecular weight excluding hydrogens is 270 g/mol. The first kappa shape index (κ1) is 16.9. The van der Waals surface area contributed by atoms with Gasteiger partial charge in [-0.1, -0.05) is 42.0 Å². The highest BCUT2D eigenvalue weighted by Gasteiger charge is 2.19. The van der Waals surface area contributed by atoms with Crippen LogP contribution < -0.4 is 5.32 Å². The quantitative estimate of drug-likeness (QED) is 0.747. The molecule has 0 aromatic heterocycles. The van der Waals surface area contributed by atoms with Gasteiger partial charge < -0.3 is 15.2 Å². The van der Waals surface area contributed by atoms with Crippen LogP contribution in [0.1, 0.15) is 25.3 Å². The third-order valence-corrected chi connectivity index (χ3v) is 2.96. The Labute approximate surface area is 124 Å². The van der Waals surface area contributed by atoms with E-state index in [4.69, 9.17) is 5.11 Å². The Hall–Kier alpha value is -2.14. The van der Waals surface area contributed by atoms with Gasteiger partial charge in [0, 0.05) is 6.42 Å². The minimum atomic E-state index is -0.999. The van der Waals surface area contributed by atoms with Gasteiger partial charge in [0.2, 0.25) is 5.91 Å². The molecule has 21 heavy (non-hydrogen) atoms. The molecule has 0 saturated carbocycles. The molecule has 0 spiro atoms. The van der Waals surface area contributed by atoms with Crippen molar-refractivity contribution in [3.8, 4) is 0 Å². The molecule has 0 bridgehead atoms. The molecule has 0 aliphatic rings. The van der Waals surface area contributed by atoms with Gasteiger partial charge in [-0.2, -0.15) is 0 Å². The number of hydrogen-bond donors (Lipinski definition) is 2. The first-order chi connectivity index (χ1) is 10.1. The molecule has 0 aliphatic heterocycles. The third kappa shape index (κ3) is 6.23. The summed E-state index contributed by atoms with van der Waals surface area (Å²) < 4.78 is 4.48. The fraction of sp³-hybridized carbons (Fsp3) is 0.375. The zero-order chi connectivity index (χ0) is 15.7. The zero-order valence-corrected chi connectivity index (χ0v) is 12.3. The number of carbonyl (C=O) groups excluding carboxylic acids is 2. The van der Waals surface area contributed by atoms with Crippen molar-refractivity contribution in [3.63, 3.8) is 0 Å². The Morgan fingerprint density at radius 1 is 1.29 bits per heavy atom. The van der Waals surface area contributed by atoms with Crippen LogP contribution >= 0.6 is 0 Å². The molecule has 0 fully saturated rings. The highest BCUT2D eigenvalue weighted by Crippen LogP contribution is 2.10. The third-order valence-electron chi connectivity index (χ3n) is 2.96. The van der Waals surface area contributed by atoms with E-state index in [1.54, 1.807) is 0 Å². The van der Waals surface area contributed by atoms with E-state index < -0.39 is 18.6 Å². The Kier molecular flexibility index (Phi) is 7.18. The summed E-state index contributed by atoms with van der Waals surface area (Å²) in [7, 11) is 1.21. The van der Waals surface area contributed by atoms with Gasteiger partial charge in [-0.05, 0) is 18.9 Å². The average Bonchev–Trinajstić information content (AvgIpc) is 2.50. The van der Waals surface area contributed by atoms with E-state index in [0.717, 1.165) is 11.1 Å². The molecule has 5 heteroatoms. The van der Waals surface area contributed by atoms with Crippen LogP contribution in [0.25, 0.3) is 6.08 Å². The Morgan fingerprint density at radius 2 is 1.95 bits per heavy atom. The normalized spacial score (nSPS) is 12.6. The monoisotopic (exact) mass is 291 g/mol. The van der Waals surface area contributed by atoms with Crippen LogP contribution in [0.2, 0.25) is 0 Å². The molecular formula is C16H21NO4. The van der Waals surface area contributed by atoms with Gasteiger partial charge in [-0.25, -0.2) is 4.79 Å². The summed E-state index contributed by atoms with van der Waals surface area (Å²) in [6.07, 6.45) is 2.85. The number of esters is 1. The van der Waals surface area contributed by atoms with E-state index in [9.17, 15) is 9.59 Å². The average molecular weight is 291 g/mol. The van der Waals surface area contributed by atoms with Crippen LogP contribution in [0.5, 0.6) is 0 Å². The molecule has 1 unspecified atom stereocenters. The number of methoxy groups -OCH3 is 1. The van der Waals surface area contributed by atoms with Gasteiger partial charge >= 0.3 is 5.97 Å². The van der Waals surface area contributed by atoms with Gasteiger partial charge in [0.25, 0.3) is 0 Å². The van der Waals surface area contributed by atoms with Crippen LogP contribution in [0.4, 0.5) is 0 Å². The van der Waals surface area contributed by atoms with Crippen LogP contribution in [0, 0.1) is 0 Å². The first-order valence-corrected chi connectivity index (χ1v) is 6.77. The molecule has 0 saturated heterocycles. The minimum Gasteiger partial charge on any atom is -0.467 e. The molecule has 0 heterocycles. The summed E-state index contributed by atoms with van der Waals surface area (Å²) in [5.74, 6) is -0.942. The van der Waals surface area contributed by atoms with Crippen LogP contribution in [-0.4, -0.2) is 36.7 Å². The van der Waals surface area contributed by atoms with Crippen molar-refractivity contribution < 1.29 is 19.4 Å². The molecule has 2 N–H and O–H groups in total. The summed E-state index contributed by atoms with van der Waals surface area (Å²) in [5, 5.41) is 11.5. The Balaban J connectivity index is 2.45. The van der Waals surface area contributed by atoms with E-state index in [2.05, 4.69) is 10.1 Å². The standard InChI is InChI=1S/C16H21NO4/c1-12(10-13-6-4-3-5-7-13)8-9-15(19)17-14(11-18)16(20)21-2/h3-7,10,14,18H,8-9,11H2,1-2H3,(H,17,19). The van der Waals surface area contributed by atoms with E-state index in [1.165, 1.54) is 7.11 Å². The zero-order valence-electron chi connectivity index (χ0n) is 12.3. The van der Waals surface area contributed by atoms with Gasteiger partial charge in [-0.3, -0.25) is 4.79 Å². The van der Waals surface area contributed by atoms with E-state index in [0.29, 0.717) is 6.42 Å². The maximum atomic E-state index is 11.7. The molecule has 1 rings (SSSR count). The van der Waals surface area contributed by atoms with Crippen LogP contribution in [0.15, 0.2) is 35.9 Å². The number of benzene rings is 1. The van der Waals surface area contributed by atoms with Crippen molar-refractivity contribution in [3.05, 3.63) is 41.5 Å². The molecule has 0 aliphatic carbocycles. The maximum Gasteiger partial charge on any atom is 0.330 e. The van der Waals surface area contributed by atoms with Crippen LogP contribution in [-0.2, 0) is 14.3 Å². The summed E-state index contributed by atoms with van der Waals surface area (Å²) in [5.41, 5.74) is 2.15. The highest BCUT2D eigenvalue weighted by atomic mass is 16.5. The second kappa shape index (κ2) is 8.92. The van der Waals surface area contributed by atoms with E-state index in [-0.39, 0.29) is 12.3 Å². The number of amides is 1. The molecule has 5 nitrogen and oxygen atoms in total. The van der Waals surface area contributed by atoms with Crippen molar-refractivity contribution in [1.29, 1.82) is 0 Å². The van der Waals surface area contributed by atoms with Crippen molar-refractivity contribution >= 4 is 18.0 Å². The first-order valence-electron chi connectivity index (χ1n) is 6.77. The molecule has 1 aromatic rings. The maximum absolute atomic E-state index is 11.7. The Bertz CT molecular complexity index is 496. The predicted octanol–water partition coefficient (Wildman–Crippen LogP) is 1.52. The molecule has 1 aromatic carbocycles. The van der Waals surface area contributed by atoms with Crippen molar-refractivity contribution in [2.24, 2.45) is 0 Å². The lowest BCUT2D eigenvalue weighted by molar-refractivity contribution is -0.146. The number of hydrogen-bond acceptors (Lipinski definition) is 4. The lowest BCUT2D eigenvalue weighted by atomic mass is 10.1. The van der Waals surface area contributed by atoms with E-state index in [1.807, 2.05) is 43.3 Å². The van der Waals surface area contributed by atoms with Crippen molar-refractivity contribution in [1.82, 2.24) is 5.32 Å². The summed E-state index contributed by atoms with van der Waals surface area (Å²) in [6, 6.07) is 8.83. The topological polar surface area (TPSA) is 75.6 Å². The van der Waals surface area contributed by atoms with Gasteiger partial charge in [0.1, 0.15) is 0 Å². The lowest BCUT2D eigenvalue weighted by Crippen LogP contribution is -2.43. The number of aliphatic hydroxyl groups is 1. The number of ether oxygens (including phenoxy) is 1. The van der Waals surface area contributed by atoms with Crippen molar-refractivity contribution in [2.45, 2.75) is 25.8 Å². The SMILES string of the molecule is COC(=O)C(CO)NC(=O)CCC(C)=Cc1ccccc1. The van der Waals surface area contributed by atoms with Gasteiger partial charge in [0.05, 0.1) is 13.7 Å². The van der Waals surface area contributed by atoms with Gasteiger partial charge in [-0.15, -0.1) is 0 Å². The minimum absolute atomic E-state index is 0.253. The molecule has 114 valence electrons. The second-order valence-electron chi connectivity index (χ2n) is 4.73. The van der Waals surface area contributed by atoms with Crippen molar-refractivity contribution in [2.75, 3.05) is 13.7 Å². The van der Waals surface area contributed by atoms with E-state index >= 15 is 0 Å². The number of nitrogens with one attached hydrogen (secondary N) is 1. The summed E-state index contributed by atoms with van der Waals surface area (Å²) in [6.45, 7) is 1.47. The number of rotatable bonds is 7. The molecule has 1 amide bonds. The molecule has 0 radical (unpaired) electrons. The fourth-order valence-electron chi connectivity index (χ4n) is 1.80. The van der Waals surface area contributed by atoms with Crippen LogP contribution in [0.3, 0.4) is 0 Å². The number of carbonyl (C=O) groups is 2. The predicted molar refractivity (Wildman–Crippen MR) is 80.4 cm³/mol. The lowest BCUT2D eigenvalue weighted by Gasteiger charge is -2.13. The summed E-state index contributed by atoms with van der Waals surface area (Å²) in [4.78, 5) is 23.0. The second-order valence-corrected chi connectivity index (χ2v) is 4.73. The number of allylic oxidation sites excluding steroid dienone is 1. The highest BCUT2D eigenvalue weighted by molar-refractivity contribution is 5.84. The smallest absolute Gasteiger partial charge is 0.330 e. The number of aliphatic hydroxyl groups excluding tert-OH is 1. The molecule has 1 atom stereocenters. The largest absolute Gasteiger partial charge is 0.467 e. The van der Waals surface area contributed by atoms with Gasteiger partial charge in [0.15, 0.2) is 6.04 Å². The summed E-state index contributed by atoms with van der Waals surface area (Å²) >= 11 is 0.